The molecule has 18 aromatic rings. The van der Waals surface area contributed by atoms with Crippen molar-refractivity contribution < 1.29 is 0 Å². The van der Waals surface area contributed by atoms with Gasteiger partial charge in [0.15, 0.2) is 0 Å². The number of hydrogen-bond acceptors (Lipinski definition) is 5. The summed E-state index contributed by atoms with van der Waals surface area (Å²) in [5, 5.41) is 18.3. The maximum absolute atomic E-state index is 10.5. The number of benzene rings is 18. The van der Waals surface area contributed by atoms with Crippen LogP contribution >= 0.6 is 31.9 Å². The molecule has 18 rings (SSSR count). The first-order valence-corrected chi connectivity index (χ1v) is 43.2. The molecule has 0 unspecified atom stereocenters. The van der Waals surface area contributed by atoms with Crippen molar-refractivity contribution in [3.8, 4) is 6.07 Å². The van der Waals surface area contributed by atoms with E-state index in [4.69, 9.17) is 6.57 Å². The second-order valence-corrected chi connectivity index (χ2v) is 33.1. The van der Waals surface area contributed by atoms with E-state index in [1.165, 1.54) is 54.9 Å². The minimum Gasteiger partial charge on any atom is -0.311 e. The van der Waals surface area contributed by atoms with Gasteiger partial charge in [0, 0.05) is 77.2 Å². The zero-order chi connectivity index (χ0) is 85.2. The van der Waals surface area contributed by atoms with Gasteiger partial charge in [0.2, 0.25) is 5.69 Å². The first kappa shape index (κ1) is 81.5. The molecule has 18 aromatic carbocycles. The average molecular weight is 1730 g/mol. The van der Waals surface area contributed by atoms with Crippen molar-refractivity contribution in [2.75, 3.05) is 19.6 Å². The predicted octanol–water partition coefficient (Wildman–Crippen LogP) is 34.3. The molecule has 0 saturated heterocycles. The van der Waals surface area contributed by atoms with Crippen LogP contribution in [0.5, 0.6) is 0 Å². The zero-order valence-electron chi connectivity index (χ0n) is 69.9. The van der Waals surface area contributed by atoms with Gasteiger partial charge >= 0.3 is 0 Å². The van der Waals surface area contributed by atoms with Crippen molar-refractivity contribution in [3.05, 3.63) is 480 Å². The molecule has 8 heteroatoms. The Hall–Kier alpha value is -14.9. The number of nitriles is 1. The largest absolute Gasteiger partial charge is 0.311 e. The van der Waals surface area contributed by atoms with Crippen molar-refractivity contribution in [2.45, 2.75) is 41.5 Å². The van der Waals surface area contributed by atoms with E-state index in [1.54, 1.807) is 0 Å². The molecule has 0 aliphatic heterocycles. The summed E-state index contributed by atoms with van der Waals surface area (Å²) in [4.78, 5) is 13.2. The second kappa shape index (κ2) is 37.0. The molecule has 0 fully saturated rings. The monoisotopic (exact) mass is 1720 g/mol. The summed E-state index contributed by atoms with van der Waals surface area (Å²) in [7, 11) is 0. The van der Waals surface area contributed by atoms with E-state index >= 15 is 0 Å². The summed E-state index contributed by atoms with van der Waals surface area (Å²) < 4.78 is 2.19. The van der Waals surface area contributed by atoms with Crippen molar-refractivity contribution in [1.82, 2.24) is 0 Å². The maximum Gasteiger partial charge on any atom is 0.202 e. The minimum absolute atomic E-state index is 0.550. The average Bonchev–Trinajstić information content (AvgIpc) is 0.717. The number of rotatable bonds is 20. The van der Waals surface area contributed by atoms with Crippen LogP contribution in [0.25, 0.3) is 96.5 Å². The van der Waals surface area contributed by atoms with E-state index in [0.29, 0.717) is 11.3 Å². The highest BCUT2D eigenvalue weighted by Gasteiger charge is 2.20. The van der Waals surface area contributed by atoms with Crippen LogP contribution < -0.4 is 19.6 Å². The molecular weight excluding hydrogens is 1640 g/mol. The van der Waals surface area contributed by atoms with Crippen LogP contribution in [-0.2, 0) is 0 Å². The molecule has 0 amide bonds. The lowest BCUT2D eigenvalue weighted by Gasteiger charge is -2.25. The second-order valence-electron chi connectivity index (χ2n) is 31.5. The van der Waals surface area contributed by atoms with Crippen LogP contribution in [0.2, 0.25) is 0 Å². The smallest absolute Gasteiger partial charge is 0.202 e. The number of halogens is 2. The topological polar surface area (TPSA) is 41.1 Å². The number of hydrogen-bond donors (Lipinski definition) is 0. The summed E-state index contributed by atoms with van der Waals surface area (Å²) in [6.45, 7) is 20.9. The van der Waals surface area contributed by atoms with Crippen molar-refractivity contribution in [3.63, 3.8) is 0 Å². The molecule has 596 valence electrons. The van der Waals surface area contributed by atoms with Gasteiger partial charge in [0.25, 0.3) is 0 Å². The molecule has 0 aromatic heterocycles. The Morgan fingerprint density at radius 3 is 0.677 bits per heavy atom. The molecule has 0 atom stereocenters. The SMILES string of the molecule is Cc1ccc(N(c2ccccc2)c2ccc(C=Cc3ccc4c(Br)c5cc(C=Cc6ccc(N(c7ccccc7)c7ccc(C)cc7)cc6)ccc5c(Br)c4c3)cc2)cc1.[C-]#[N+]c1c2ccc(C=Cc3ccc(N(c4ccc(C)cc4)c4ccc(C)cc4)cc3)cc2c(C#N)c2ccc(C=Cc3ccc(N(c4ccc(C)cc4)c4ccc(C)cc4)cc3)cc12. The summed E-state index contributed by atoms with van der Waals surface area (Å²) in [5.74, 6) is 0. The minimum atomic E-state index is 0.550. The molecule has 124 heavy (non-hydrogen) atoms. The fourth-order valence-corrected chi connectivity index (χ4v) is 17.2. The summed E-state index contributed by atoms with van der Waals surface area (Å²) in [6, 6.07) is 135. The standard InChI is InChI=1S/C60H46N4.C56H42Br2N2/c1-41-6-24-49(25-7-41)63(50-26-8-42(2)9-27-50)53-32-18-45(19-33-53)14-16-47-23-37-56-57(38-47)59(40-61)55-36-22-48(39-58(55)60(56)62-5)17-15-46-20-34-54(35-21-46)64(51-28-10-43(3)11-29-51)52-30-12-44(4)13-31-52;1-39-13-27-47(28-14-39)59(45-9-5-3-6-10-45)49-31-21-41(22-32-49)17-19-43-25-35-51-53(37-43)55(57)52-36-26-44(38-54(52)56(51)58)20-18-42-23-33-50(34-24-42)60(46-11-7-4-8-12-46)48-29-15-40(2)16-30-48/h6-39H,1-4H3;3-38H,1-2H3. The molecule has 0 aliphatic rings. The summed E-state index contributed by atoms with van der Waals surface area (Å²) >= 11 is 7.99. The van der Waals surface area contributed by atoms with Gasteiger partial charge in [0.05, 0.1) is 12.1 Å². The number of para-hydroxylation sites is 2. The Kier molecular flexibility index (Phi) is 24.3. The molecule has 0 radical (unpaired) electrons. The highest BCUT2D eigenvalue weighted by Crippen LogP contribution is 2.45. The summed E-state index contributed by atoms with van der Waals surface area (Å²) in [5.41, 5.74) is 30.4. The van der Waals surface area contributed by atoms with Gasteiger partial charge in [-0.3, -0.25) is 0 Å². The lowest BCUT2D eigenvalue weighted by Crippen LogP contribution is -2.09. The first-order chi connectivity index (χ1) is 60.6. The molecule has 0 aliphatic carbocycles. The Morgan fingerprint density at radius 1 is 0.226 bits per heavy atom. The van der Waals surface area contributed by atoms with E-state index in [-0.39, 0.29) is 0 Å². The Morgan fingerprint density at radius 2 is 0.427 bits per heavy atom. The molecule has 0 N–H and O–H groups in total. The quantitative estimate of drug-likeness (QED) is 0.0432. The number of nitrogens with zero attached hydrogens (tertiary/aromatic N) is 6. The lowest BCUT2D eigenvalue weighted by molar-refractivity contribution is 1.27. The van der Waals surface area contributed by atoms with E-state index in [0.717, 1.165) is 143 Å². The summed E-state index contributed by atoms with van der Waals surface area (Å²) in [6.07, 6.45) is 17.1. The molecule has 0 spiro atoms. The fourth-order valence-electron chi connectivity index (χ4n) is 15.9. The van der Waals surface area contributed by atoms with E-state index in [1.807, 2.05) is 36.4 Å². The molecule has 0 heterocycles. The van der Waals surface area contributed by atoms with Crippen molar-refractivity contribution >= 4 is 197 Å². The molecule has 0 bridgehead atoms. The van der Waals surface area contributed by atoms with Gasteiger partial charge in [-0.25, -0.2) is 4.85 Å². The van der Waals surface area contributed by atoms with Crippen LogP contribution in [0.15, 0.2) is 385 Å². The molecular formula is C116H88Br2N6. The third-order valence-electron chi connectivity index (χ3n) is 22.7. The Labute approximate surface area is 744 Å². The van der Waals surface area contributed by atoms with E-state index in [2.05, 4.69) is 492 Å². The highest BCUT2D eigenvalue weighted by atomic mass is 79.9. The third kappa shape index (κ3) is 18.2. The third-order valence-corrected chi connectivity index (χ3v) is 24.4. The zero-order valence-corrected chi connectivity index (χ0v) is 73.0. The van der Waals surface area contributed by atoms with E-state index in [9.17, 15) is 5.26 Å². The fraction of sp³-hybridized carbons (Fsp3) is 0.0517. The van der Waals surface area contributed by atoms with Gasteiger partial charge < -0.3 is 19.6 Å². The first-order valence-electron chi connectivity index (χ1n) is 41.6. The van der Waals surface area contributed by atoms with Gasteiger partial charge in [-0.15, -0.1) is 0 Å². The van der Waals surface area contributed by atoms with Crippen molar-refractivity contribution in [1.29, 1.82) is 5.26 Å². The lowest BCUT2D eigenvalue weighted by atomic mass is 9.93. The van der Waals surface area contributed by atoms with Gasteiger partial charge in [-0.2, -0.15) is 5.26 Å². The van der Waals surface area contributed by atoms with Gasteiger partial charge in [0.1, 0.15) is 6.07 Å². The number of aryl methyl sites for hydroxylation is 6. The predicted molar refractivity (Wildman–Crippen MR) is 538 cm³/mol. The van der Waals surface area contributed by atoms with Crippen LogP contribution in [0.3, 0.4) is 0 Å². The molecule has 6 nitrogen and oxygen atoms in total. The highest BCUT2D eigenvalue weighted by molar-refractivity contribution is 9.11. The number of fused-ring (bicyclic) bond motifs is 4. The van der Waals surface area contributed by atoms with Crippen LogP contribution in [0, 0.1) is 59.4 Å². The molecule has 0 saturated carbocycles. The van der Waals surface area contributed by atoms with Gasteiger partial charge in [-0.1, -0.05) is 294 Å². The number of anilines is 12. The Bertz CT molecular complexity index is 6590. The van der Waals surface area contributed by atoms with Crippen LogP contribution in [0.4, 0.5) is 73.9 Å². The van der Waals surface area contributed by atoms with Crippen molar-refractivity contribution in [2.24, 2.45) is 0 Å². The maximum atomic E-state index is 10.5. The normalized spacial score (nSPS) is 11.4. The van der Waals surface area contributed by atoms with E-state index < -0.39 is 0 Å². The van der Waals surface area contributed by atoms with Crippen LogP contribution in [-0.4, -0.2) is 0 Å². The van der Waals surface area contributed by atoms with Crippen LogP contribution in [0.1, 0.15) is 83.5 Å². The van der Waals surface area contributed by atoms with Gasteiger partial charge in [-0.05, 0) is 325 Å². The Balaban J connectivity index is 0.000000176.